The standard InChI is InChI=1S/C29H39ClN4O4/c1-5-6-25-27(21-7-9-22(30)10-8-21)34(29(36)33-15-13-32(14-16-33)17-18-35)28(31-25)24-12-11-23(37-4)19-26(24)38-20(2)3/h7-12,19-20,25,27,35H,5-6,13-18H2,1-4H3. The molecule has 1 saturated heterocycles. The van der Waals surface area contributed by atoms with Gasteiger partial charge in [0.05, 0.1) is 37.5 Å². The Morgan fingerprint density at radius 2 is 1.84 bits per heavy atom. The molecule has 0 spiro atoms. The highest BCUT2D eigenvalue weighted by Gasteiger charge is 2.44. The van der Waals surface area contributed by atoms with E-state index in [0.29, 0.717) is 42.0 Å². The van der Waals surface area contributed by atoms with E-state index < -0.39 is 0 Å². The summed E-state index contributed by atoms with van der Waals surface area (Å²) < 4.78 is 11.7. The zero-order chi connectivity index (χ0) is 27.2. The number of carbonyl (C=O) groups is 1. The first kappa shape index (κ1) is 28.2. The first-order valence-corrected chi connectivity index (χ1v) is 13.8. The highest BCUT2D eigenvalue weighted by atomic mass is 35.5. The number of carbonyl (C=O) groups excluding carboxylic acids is 1. The predicted octanol–water partition coefficient (Wildman–Crippen LogP) is 4.84. The van der Waals surface area contributed by atoms with Crippen LogP contribution in [0.5, 0.6) is 11.5 Å². The third kappa shape index (κ3) is 6.25. The Bertz CT molecular complexity index is 1120. The number of benzene rings is 2. The van der Waals surface area contributed by atoms with Gasteiger partial charge in [0.25, 0.3) is 0 Å². The minimum Gasteiger partial charge on any atom is -0.497 e. The Morgan fingerprint density at radius 1 is 1.13 bits per heavy atom. The molecule has 0 bridgehead atoms. The molecule has 2 aromatic carbocycles. The molecule has 4 rings (SSSR count). The van der Waals surface area contributed by atoms with Gasteiger partial charge in [-0.25, -0.2) is 4.79 Å². The molecule has 2 aromatic rings. The van der Waals surface area contributed by atoms with E-state index in [1.807, 2.05) is 66.1 Å². The van der Waals surface area contributed by atoms with Crippen LogP contribution in [0.1, 0.15) is 50.8 Å². The third-order valence-electron chi connectivity index (χ3n) is 7.01. The quantitative estimate of drug-likeness (QED) is 0.491. The van der Waals surface area contributed by atoms with E-state index in [1.165, 1.54) is 0 Å². The topological polar surface area (TPSA) is 77.8 Å². The zero-order valence-electron chi connectivity index (χ0n) is 22.8. The Kier molecular flexibility index (Phi) is 9.52. The maximum atomic E-state index is 14.3. The van der Waals surface area contributed by atoms with Gasteiger partial charge in [0.1, 0.15) is 17.3 Å². The molecule has 2 atom stereocenters. The van der Waals surface area contributed by atoms with Gasteiger partial charge in [0.2, 0.25) is 0 Å². The van der Waals surface area contributed by atoms with Crippen molar-refractivity contribution in [1.29, 1.82) is 0 Å². The van der Waals surface area contributed by atoms with Crippen molar-refractivity contribution in [3.63, 3.8) is 0 Å². The molecule has 9 heteroatoms. The fourth-order valence-corrected chi connectivity index (χ4v) is 5.30. The summed E-state index contributed by atoms with van der Waals surface area (Å²) in [5, 5.41) is 9.99. The fourth-order valence-electron chi connectivity index (χ4n) is 5.17. The summed E-state index contributed by atoms with van der Waals surface area (Å²) in [5.74, 6) is 1.93. The third-order valence-corrected chi connectivity index (χ3v) is 7.26. The lowest BCUT2D eigenvalue weighted by Gasteiger charge is -2.39. The van der Waals surface area contributed by atoms with Gasteiger partial charge in [-0.05, 0) is 50.1 Å². The van der Waals surface area contributed by atoms with E-state index in [1.54, 1.807) is 7.11 Å². The molecule has 8 nitrogen and oxygen atoms in total. The van der Waals surface area contributed by atoms with Crippen LogP contribution in [0.2, 0.25) is 5.02 Å². The molecule has 2 amide bonds. The van der Waals surface area contributed by atoms with Crippen molar-refractivity contribution in [1.82, 2.24) is 14.7 Å². The SMILES string of the molecule is CCCC1N=C(c2ccc(OC)cc2OC(C)C)N(C(=O)N2CCN(CCO)CC2)C1c1ccc(Cl)cc1. The number of amidine groups is 1. The molecule has 2 aliphatic rings. The number of aliphatic hydroxyl groups excluding tert-OH is 1. The van der Waals surface area contributed by atoms with Crippen LogP contribution in [0.15, 0.2) is 47.5 Å². The van der Waals surface area contributed by atoms with Crippen molar-refractivity contribution in [3.05, 3.63) is 58.6 Å². The molecule has 38 heavy (non-hydrogen) atoms. The van der Waals surface area contributed by atoms with Crippen LogP contribution in [-0.4, -0.2) is 90.3 Å². The van der Waals surface area contributed by atoms with Crippen LogP contribution in [0.25, 0.3) is 0 Å². The van der Waals surface area contributed by atoms with Crippen LogP contribution in [0, 0.1) is 0 Å². The van der Waals surface area contributed by atoms with Gasteiger partial charge in [0, 0.05) is 43.8 Å². The van der Waals surface area contributed by atoms with Crippen molar-refractivity contribution >= 4 is 23.5 Å². The first-order valence-electron chi connectivity index (χ1n) is 13.5. The summed E-state index contributed by atoms with van der Waals surface area (Å²) in [6.45, 7) is 9.45. The summed E-state index contributed by atoms with van der Waals surface area (Å²) in [7, 11) is 1.63. The lowest BCUT2D eigenvalue weighted by atomic mass is 9.96. The molecular formula is C29H39ClN4O4. The summed E-state index contributed by atoms with van der Waals surface area (Å²) in [6, 6.07) is 13.0. The molecule has 2 heterocycles. The van der Waals surface area contributed by atoms with Crippen molar-refractivity contribution in [2.75, 3.05) is 46.4 Å². The highest BCUT2D eigenvalue weighted by molar-refractivity contribution is 6.30. The monoisotopic (exact) mass is 542 g/mol. The number of amides is 2. The van der Waals surface area contributed by atoms with Gasteiger partial charge in [0.15, 0.2) is 0 Å². The van der Waals surface area contributed by atoms with Gasteiger partial charge >= 0.3 is 6.03 Å². The molecule has 0 radical (unpaired) electrons. The van der Waals surface area contributed by atoms with E-state index in [2.05, 4.69) is 11.8 Å². The minimum atomic E-state index is -0.265. The molecule has 0 aliphatic carbocycles. The summed E-state index contributed by atoms with van der Waals surface area (Å²) >= 11 is 6.23. The number of nitrogens with zero attached hydrogens (tertiary/aromatic N) is 4. The molecule has 2 unspecified atom stereocenters. The van der Waals surface area contributed by atoms with Gasteiger partial charge in [-0.1, -0.05) is 37.1 Å². The van der Waals surface area contributed by atoms with Crippen molar-refractivity contribution in [2.24, 2.45) is 4.99 Å². The van der Waals surface area contributed by atoms with Gasteiger partial charge in [-0.2, -0.15) is 0 Å². The highest BCUT2D eigenvalue weighted by Crippen LogP contribution is 2.40. The number of piperazine rings is 1. The molecule has 1 N–H and O–H groups in total. The number of aliphatic imine (C=N–C) groups is 1. The van der Waals surface area contributed by atoms with E-state index in [0.717, 1.165) is 37.1 Å². The van der Waals surface area contributed by atoms with E-state index >= 15 is 0 Å². The van der Waals surface area contributed by atoms with Crippen LogP contribution in [0.3, 0.4) is 0 Å². The van der Waals surface area contributed by atoms with Gasteiger partial charge < -0.3 is 19.5 Å². The number of hydrogen-bond acceptors (Lipinski definition) is 6. The normalized spacial score (nSPS) is 20.1. The number of hydrogen-bond donors (Lipinski definition) is 1. The van der Waals surface area contributed by atoms with Crippen LogP contribution in [-0.2, 0) is 0 Å². The average Bonchev–Trinajstić information content (AvgIpc) is 3.28. The lowest BCUT2D eigenvalue weighted by Crippen LogP contribution is -2.54. The zero-order valence-corrected chi connectivity index (χ0v) is 23.5. The average molecular weight is 543 g/mol. The fraction of sp³-hybridized carbons (Fsp3) is 0.517. The smallest absolute Gasteiger partial charge is 0.326 e. The number of halogens is 1. The Morgan fingerprint density at radius 3 is 2.45 bits per heavy atom. The summed E-state index contributed by atoms with van der Waals surface area (Å²) in [5.41, 5.74) is 1.77. The van der Waals surface area contributed by atoms with Crippen molar-refractivity contribution in [2.45, 2.75) is 51.8 Å². The predicted molar refractivity (Wildman–Crippen MR) is 151 cm³/mol. The second-order valence-corrected chi connectivity index (χ2v) is 10.5. The molecule has 206 valence electrons. The summed E-state index contributed by atoms with van der Waals surface area (Å²) in [4.78, 5) is 25.4. The molecule has 1 fully saturated rings. The number of rotatable bonds is 9. The van der Waals surface area contributed by atoms with E-state index in [9.17, 15) is 9.90 Å². The van der Waals surface area contributed by atoms with Gasteiger partial charge in [-0.3, -0.25) is 14.8 Å². The van der Waals surface area contributed by atoms with Crippen LogP contribution >= 0.6 is 11.6 Å². The maximum absolute atomic E-state index is 14.3. The first-order chi connectivity index (χ1) is 18.4. The second kappa shape index (κ2) is 12.8. The molecule has 0 aromatic heterocycles. The molecule has 2 aliphatic heterocycles. The second-order valence-electron chi connectivity index (χ2n) is 10.0. The van der Waals surface area contributed by atoms with Crippen LogP contribution < -0.4 is 9.47 Å². The van der Waals surface area contributed by atoms with Gasteiger partial charge in [-0.15, -0.1) is 0 Å². The number of aliphatic hydroxyl groups is 1. The molecule has 0 saturated carbocycles. The van der Waals surface area contributed by atoms with E-state index in [-0.39, 0.29) is 30.8 Å². The Labute approximate surface area is 230 Å². The number of β-amino-alcohol motifs (C(OH)–C–C–N with tert-alkyl or cyclic N) is 1. The molecular weight excluding hydrogens is 504 g/mol. The van der Waals surface area contributed by atoms with Crippen molar-refractivity contribution in [3.8, 4) is 11.5 Å². The van der Waals surface area contributed by atoms with Crippen molar-refractivity contribution < 1.29 is 19.4 Å². The number of urea groups is 1. The van der Waals surface area contributed by atoms with E-state index in [4.69, 9.17) is 26.1 Å². The summed E-state index contributed by atoms with van der Waals surface area (Å²) in [6.07, 6.45) is 1.71. The Balaban J connectivity index is 1.78. The van der Waals surface area contributed by atoms with Crippen LogP contribution in [0.4, 0.5) is 4.79 Å². The minimum absolute atomic E-state index is 0.0647. The maximum Gasteiger partial charge on any atom is 0.326 e. The number of ether oxygens (including phenoxy) is 2. The largest absolute Gasteiger partial charge is 0.497 e. The number of methoxy groups -OCH3 is 1. The lowest BCUT2D eigenvalue weighted by molar-refractivity contribution is 0.107. The Hall–Kier alpha value is -2.81.